The zero-order valence-corrected chi connectivity index (χ0v) is 17.5. The van der Waals surface area contributed by atoms with Gasteiger partial charge in [-0.1, -0.05) is 18.5 Å². The molecule has 132 valence electrons. The molecule has 0 aliphatic rings. The maximum absolute atomic E-state index is 12.3. The molecule has 0 aliphatic heterocycles. The Bertz CT molecular complexity index is 768. The number of thiocarbonyl (C=S) groups is 1. The quantitative estimate of drug-likeness (QED) is 0.446. The van der Waals surface area contributed by atoms with Gasteiger partial charge in [-0.25, -0.2) is 0 Å². The number of benzene rings is 2. The fraction of sp³-hybridized carbons (Fsp3) is 0.222. The number of amides is 1. The number of hydrogen-bond donors (Lipinski definition) is 2. The van der Waals surface area contributed by atoms with E-state index in [4.69, 9.17) is 28.6 Å². The van der Waals surface area contributed by atoms with Crippen LogP contribution in [0.15, 0.2) is 42.5 Å². The van der Waals surface area contributed by atoms with Crippen LogP contribution >= 0.6 is 46.4 Å². The zero-order chi connectivity index (χ0) is 18.4. The second-order valence-electron chi connectivity index (χ2n) is 5.39. The number of carbonyl (C=O) groups excluding carboxylic acids is 1. The Labute approximate surface area is 171 Å². The van der Waals surface area contributed by atoms with E-state index < -0.39 is 0 Å². The number of hydrogen-bond acceptors (Lipinski definition) is 3. The first-order chi connectivity index (χ1) is 11.9. The first-order valence-corrected chi connectivity index (χ1v) is 9.59. The average Bonchev–Trinajstić information content (AvgIpc) is 2.57. The van der Waals surface area contributed by atoms with Crippen molar-refractivity contribution in [2.24, 2.45) is 0 Å². The van der Waals surface area contributed by atoms with Gasteiger partial charge in [-0.2, -0.15) is 0 Å². The predicted molar refractivity (Wildman–Crippen MR) is 115 cm³/mol. The van der Waals surface area contributed by atoms with Crippen molar-refractivity contribution in [3.63, 3.8) is 0 Å². The molecule has 7 heteroatoms. The summed E-state index contributed by atoms with van der Waals surface area (Å²) >= 11 is 13.5. The molecule has 4 nitrogen and oxygen atoms in total. The van der Waals surface area contributed by atoms with Gasteiger partial charge in [0.1, 0.15) is 5.75 Å². The summed E-state index contributed by atoms with van der Waals surface area (Å²) in [4.78, 5) is 12.3. The van der Waals surface area contributed by atoms with E-state index in [-0.39, 0.29) is 17.1 Å². The van der Waals surface area contributed by atoms with Crippen LogP contribution in [0.25, 0.3) is 0 Å². The van der Waals surface area contributed by atoms with Crippen molar-refractivity contribution < 1.29 is 9.53 Å². The van der Waals surface area contributed by atoms with Crippen LogP contribution < -0.4 is 15.4 Å². The number of ether oxygens (including phenoxy) is 1. The van der Waals surface area contributed by atoms with Gasteiger partial charge in [0.25, 0.3) is 5.91 Å². The summed E-state index contributed by atoms with van der Waals surface area (Å²) in [6, 6.07) is 12.5. The maximum atomic E-state index is 12.3. The van der Waals surface area contributed by atoms with Gasteiger partial charge in [0, 0.05) is 9.13 Å². The summed E-state index contributed by atoms with van der Waals surface area (Å²) in [6.07, 6.45) is 1.05. The number of anilines is 1. The van der Waals surface area contributed by atoms with Gasteiger partial charge < -0.3 is 10.1 Å². The normalized spacial score (nSPS) is 11.5. The molecule has 0 fully saturated rings. The van der Waals surface area contributed by atoms with Gasteiger partial charge in [-0.05, 0) is 90.6 Å². The highest BCUT2D eigenvalue weighted by molar-refractivity contribution is 14.1. The summed E-state index contributed by atoms with van der Waals surface area (Å²) in [5.74, 6) is 0.437. The lowest BCUT2D eigenvalue weighted by molar-refractivity contribution is 0.0977. The fourth-order valence-corrected chi connectivity index (χ4v) is 3.03. The minimum absolute atomic E-state index is 0.134. The van der Waals surface area contributed by atoms with Crippen LogP contribution in [0.2, 0.25) is 5.02 Å². The Kier molecular flexibility index (Phi) is 7.46. The van der Waals surface area contributed by atoms with Gasteiger partial charge >= 0.3 is 0 Å². The second-order valence-corrected chi connectivity index (χ2v) is 7.45. The monoisotopic (exact) mass is 488 g/mol. The Balaban J connectivity index is 1.95. The van der Waals surface area contributed by atoms with Crippen molar-refractivity contribution in [2.45, 2.75) is 26.4 Å². The fourth-order valence-electron chi connectivity index (χ4n) is 1.92. The average molecular weight is 489 g/mol. The highest BCUT2D eigenvalue weighted by Crippen LogP contribution is 2.23. The minimum Gasteiger partial charge on any atom is -0.491 e. The van der Waals surface area contributed by atoms with Crippen molar-refractivity contribution in [3.8, 4) is 5.75 Å². The molecule has 0 radical (unpaired) electrons. The molecular weight excluding hydrogens is 471 g/mol. The first-order valence-electron chi connectivity index (χ1n) is 7.73. The van der Waals surface area contributed by atoms with Crippen molar-refractivity contribution >= 4 is 63.1 Å². The number of rotatable bonds is 5. The predicted octanol–water partition coefficient (Wildman–Crippen LogP) is 5.25. The highest BCUT2D eigenvalue weighted by atomic mass is 127. The van der Waals surface area contributed by atoms with Crippen LogP contribution in [0.5, 0.6) is 5.75 Å². The molecule has 2 N–H and O–H groups in total. The van der Waals surface area contributed by atoms with Crippen molar-refractivity contribution in [2.75, 3.05) is 5.32 Å². The van der Waals surface area contributed by atoms with E-state index >= 15 is 0 Å². The Morgan fingerprint density at radius 2 is 1.96 bits per heavy atom. The standard InChI is InChI=1S/C18H18ClIN2O2S/c1-3-11(2)24-14-7-4-12(5-8-14)17(23)22-18(25)21-16-9-6-13(20)10-15(16)19/h4-11H,3H2,1-2H3,(H2,21,22,23,25)/t11-/m1/s1. The van der Waals surface area contributed by atoms with Crippen LogP contribution in [-0.4, -0.2) is 17.1 Å². The zero-order valence-electron chi connectivity index (χ0n) is 13.8. The van der Waals surface area contributed by atoms with Crippen LogP contribution in [0, 0.1) is 3.57 Å². The van der Waals surface area contributed by atoms with Crippen molar-refractivity contribution in [1.29, 1.82) is 0 Å². The first kappa shape index (κ1) is 19.9. The van der Waals surface area contributed by atoms with Gasteiger partial charge in [0.15, 0.2) is 5.11 Å². The molecule has 0 aromatic heterocycles. The van der Waals surface area contributed by atoms with Crippen LogP contribution in [0.3, 0.4) is 0 Å². The molecule has 0 aliphatic carbocycles. The second kappa shape index (κ2) is 9.35. The van der Waals surface area contributed by atoms with E-state index in [2.05, 4.69) is 40.1 Å². The lowest BCUT2D eigenvalue weighted by Gasteiger charge is -2.13. The van der Waals surface area contributed by atoms with Gasteiger partial charge in [0.2, 0.25) is 0 Å². The lowest BCUT2D eigenvalue weighted by Crippen LogP contribution is -2.34. The van der Waals surface area contributed by atoms with E-state index in [9.17, 15) is 4.79 Å². The topological polar surface area (TPSA) is 50.4 Å². The summed E-state index contributed by atoms with van der Waals surface area (Å²) in [7, 11) is 0. The summed E-state index contributed by atoms with van der Waals surface area (Å²) in [5.41, 5.74) is 1.14. The van der Waals surface area contributed by atoms with Gasteiger partial charge in [0.05, 0.1) is 16.8 Å². The highest BCUT2D eigenvalue weighted by Gasteiger charge is 2.10. The minimum atomic E-state index is -0.297. The molecular formula is C18H18ClIN2O2S. The lowest BCUT2D eigenvalue weighted by atomic mass is 10.2. The molecule has 0 spiro atoms. The van der Waals surface area contributed by atoms with Crippen LogP contribution in [-0.2, 0) is 0 Å². The van der Waals surface area contributed by atoms with Crippen LogP contribution in [0.4, 0.5) is 5.69 Å². The molecule has 0 saturated heterocycles. The third-order valence-corrected chi connectivity index (χ3v) is 4.62. The maximum Gasteiger partial charge on any atom is 0.257 e. The Morgan fingerprint density at radius 3 is 2.56 bits per heavy atom. The largest absolute Gasteiger partial charge is 0.491 e. The van der Waals surface area contributed by atoms with Crippen molar-refractivity contribution in [3.05, 3.63) is 56.6 Å². The van der Waals surface area contributed by atoms with Gasteiger partial charge in [-0.3, -0.25) is 10.1 Å². The molecule has 2 aromatic carbocycles. The Morgan fingerprint density at radius 1 is 1.28 bits per heavy atom. The van der Waals surface area contributed by atoms with E-state index in [0.717, 1.165) is 15.7 Å². The smallest absolute Gasteiger partial charge is 0.257 e. The third-order valence-electron chi connectivity index (χ3n) is 3.44. The molecule has 25 heavy (non-hydrogen) atoms. The Hall–Kier alpha value is -1.38. The molecule has 0 bridgehead atoms. The number of nitrogens with one attached hydrogen (secondary N) is 2. The summed E-state index contributed by atoms with van der Waals surface area (Å²) < 4.78 is 6.71. The van der Waals surface area contributed by atoms with E-state index in [1.807, 2.05) is 25.1 Å². The molecule has 2 rings (SSSR count). The van der Waals surface area contributed by atoms with E-state index in [1.54, 1.807) is 24.3 Å². The molecule has 2 aromatic rings. The summed E-state index contributed by atoms with van der Waals surface area (Å²) in [5, 5.41) is 6.29. The molecule has 0 unspecified atom stereocenters. The van der Waals surface area contributed by atoms with E-state index in [0.29, 0.717) is 16.3 Å². The molecule has 0 heterocycles. The molecule has 1 atom stereocenters. The number of carbonyl (C=O) groups is 1. The summed E-state index contributed by atoms with van der Waals surface area (Å²) in [6.45, 7) is 4.06. The third kappa shape index (κ3) is 6.13. The van der Waals surface area contributed by atoms with Crippen LogP contribution in [0.1, 0.15) is 30.6 Å². The van der Waals surface area contributed by atoms with Gasteiger partial charge in [-0.15, -0.1) is 0 Å². The molecule has 1 amide bonds. The number of halogens is 2. The molecule has 0 saturated carbocycles. The van der Waals surface area contributed by atoms with E-state index in [1.165, 1.54) is 0 Å². The SMILES string of the molecule is CC[C@@H](C)Oc1ccc(C(=O)NC(=S)Nc2ccc(I)cc2Cl)cc1. The van der Waals surface area contributed by atoms with Crippen molar-refractivity contribution in [1.82, 2.24) is 5.32 Å².